The number of ketones is 1. The van der Waals surface area contributed by atoms with Crippen molar-refractivity contribution in [2.24, 2.45) is 0 Å². The monoisotopic (exact) mass is 269 g/mol. The Hall–Kier alpha value is -0.450. The molecular formula is C15H27NO3. The molecule has 19 heavy (non-hydrogen) atoms. The number of carbonyl (C=O) groups is 1. The molecule has 4 heteroatoms. The van der Waals surface area contributed by atoms with Crippen molar-refractivity contribution in [3.05, 3.63) is 0 Å². The average Bonchev–Trinajstić information content (AvgIpc) is 2.42. The molecule has 1 saturated heterocycles. The predicted molar refractivity (Wildman–Crippen MR) is 74.3 cm³/mol. The molecule has 0 atom stereocenters. The van der Waals surface area contributed by atoms with E-state index < -0.39 is 0 Å². The van der Waals surface area contributed by atoms with Gasteiger partial charge in [0.1, 0.15) is 5.78 Å². The lowest BCUT2D eigenvalue weighted by Crippen LogP contribution is -2.52. The quantitative estimate of drug-likeness (QED) is 0.716. The lowest BCUT2D eigenvalue weighted by Gasteiger charge is -2.47. The van der Waals surface area contributed by atoms with Crippen LogP contribution in [0.25, 0.3) is 0 Å². The van der Waals surface area contributed by atoms with Crippen molar-refractivity contribution >= 4 is 5.78 Å². The smallest absolute Gasteiger partial charge is 0.135 e. The van der Waals surface area contributed by atoms with Crippen LogP contribution in [-0.4, -0.2) is 55.7 Å². The molecule has 1 saturated carbocycles. The van der Waals surface area contributed by atoms with Crippen LogP contribution < -0.4 is 0 Å². The number of Topliss-reactive ketones (excluding diaryl/α,β-unsaturated/α-hetero) is 1. The van der Waals surface area contributed by atoms with Crippen molar-refractivity contribution in [3.63, 3.8) is 0 Å². The largest absolute Gasteiger partial charge is 0.382 e. The van der Waals surface area contributed by atoms with Gasteiger partial charge >= 0.3 is 0 Å². The summed E-state index contributed by atoms with van der Waals surface area (Å²) in [7, 11) is 1.71. The Morgan fingerprint density at radius 2 is 1.84 bits per heavy atom. The lowest BCUT2D eigenvalue weighted by atomic mass is 9.79. The summed E-state index contributed by atoms with van der Waals surface area (Å²) in [6, 6.07) is 0. The van der Waals surface area contributed by atoms with Gasteiger partial charge in [0.15, 0.2) is 0 Å². The van der Waals surface area contributed by atoms with Crippen LogP contribution in [0, 0.1) is 0 Å². The van der Waals surface area contributed by atoms with Crippen LogP contribution in [0.15, 0.2) is 0 Å². The third-order valence-electron chi connectivity index (χ3n) is 4.74. The van der Waals surface area contributed by atoms with Crippen LogP contribution in [0.3, 0.4) is 0 Å². The van der Waals surface area contributed by atoms with Crippen LogP contribution in [0.1, 0.15) is 45.4 Å². The maximum atomic E-state index is 11.3. The normalized spacial score (nSPS) is 33.6. The number of hydrogen-bond donors (Lipinski definition) is 0. The maximum Gasteiger partial charge on any atom is 0.135 e. The molecular weight excluding hydrogens is 242 g/mol. The predicted octanol–water partition coefficient (Wildman–Crippen LogP) is 2.02. The number of piperidine rings is 1. The molecule has 0 bridgehead atoms. The van der Waals surface area contributed by atoms with Gasteiger partial charge in [0.2, 0.25) is 0 Å². The van der Waals surface area contributed by atoms with Crippen molar-refractivity contribution < 1.29 is 14.3 Å². The second-order valence-electron chi connectivity index (χ2n) is 6.09. The highest BCUT2D eigenvalue weighted by atomic mass is 16.5. The molecule has 1 aliphatic carbocycles. The highest BCUT2D eigenvalue weighted by Gasteiger charge is 2.37. The Bertz CT molecular complexity index is 288. The zero-order chi connectivity index (χ0) is 13.7. The first-order valence-corrected chi connectivity index (χ1v) is 7.51. The van der Waals surface area contributed by atoms with Crippen LogP contribution in [0.5, 0.6) is 0 Å². The van der Waals surface area contributed by atoms with E-state index in [1.807, 2.05) is 0 Å². The van der Waals surface area contributed by atoms with E-state index in [-0.39, 0.29) is 5.54 Å². The van der Waals surface area contributed by atoms with E-state index in [0.29, 0.717) is 25.1 Å². The van der Waals surface area contributed by atoms with Gasteiger partial charge in [-0.15, -0.1) is 0 Å². The number of nitrogens with zero attached hydrogens (tertiary/aromatic N) is 1. The fourth-order valence-electron chi connectivity index (χ4n) is 3.29. The Labute approximate surface area is 116 Å². The molecule has 2 aliphatic rings. The van der Waals surface area contributed by atoms with Crippen molar-refractivity contribution in [1.82, 2.24) is 4.90 Å². The van der Waals surface area contributed by atoms with Gasteiger partial charge in [-0.2, -0.15) is 0 Å². The minimum atomic E-state index is 0.280. The van der Waals surface area contributed by atoms with E-state index in [1.54, 1.807) is 7.11 Å². The summed E-state index contributed by atoms with van der Waals surface area (Å²) in [5, 5.41) is 0. The van der Waals surface area contributed by atoms with Crippen molar-refractivity contribution in [1.29, 1.82) is 0 Å². The van der Waals surface area contributed by atoms with Crippen LogP contribution in [0.2, 0.25) is 0 Å². The third-order valence-corrected chi connectivity index (χ3v) is 4.74. The van der Waals surface area contributed by atoms with Crippen molar-refractivity contribution in [3.8, 4) is 0 Å². The zero-order valence-corrected chi connectivity index (χ0v) is 12.3. The second-order valence-corrected chi connectivity index (χ2v) is 6.09. The van der Waals surface area contributed by atoms with Gasteiger partial charge in [-0.25, -0.2) is 0 Å². The number of hydrogen-bond acceptors (Lipinski definition) is 4. The number of ether oxygens (including phenoxy) is 2. The summed E-state index contributed by atoms with van der Waals surface area (Å²) in [6.07, 6.45) is 6.49. The van der Waals surface area contributed by atoms with Crippen LogP contribution in [-0.2, 0) is 14.3 Å². The van der Waals surface area contributed by atoms with E-state index in [9.17, 15) is 4.79 Å². The maximum absolute atomic E-state index is 11.3. The van der Waals surface area contributed by atoms with E-state index in [0.717, 1.165) is 38.8 Å². The topological polar surface area (TPSA) is 38.8 Å². The Balaban J connectivity index is 1.76. The molecule has 0 aromatic carbocycles. The molecule has 1 heterocycles. The molecule has 0 radical (unpaired) electrons. The lowest BCUT2D eigenvalue weighted by molar-refractivity contribution is -0.123. The summed E-state index contributed by atoms with van der Waals surface area (Å²) < 4.78 is 10.8. The summed E-state index contributed by atoms with van der Waals surface area (Å²) in [6.45, 7) is 5.64. The molecule has 2 fully saturated rings. The number of rotatable bonds is 5. The van der Waals surface area contributed by atoms with Gasteiger partial charge in [0, 0.05) is 38.6 Å². The van der Waals surface area contributed by atoms with E-state index in [1.165, 1.54) is 12.8 Å². The summed E-state index contributed by atoms with van der Waals surface area (Å²) in [5.74, 6) is 0.427. The zero-order valence-electron chi connectivity index (χ0n) is 12.3. The summed E-state index contributed by atoms with van der Waals surface area (Å²) in [4.78, 5) is 13.9. The average molecular weight is 269 g/mol. The molecule has 0 unspecified atom stereocenters. The fraction of sp³-hybridized carbons (Fsp3) is 0.933. The molecule has 110 valence electrons. The molecule has 0 spiro atoms. The SMILES string of the molecule is COCCOC1CCC(C)(N2CCC(=O)CC2)CC1. The van der Waals surface area contributed by atoms with Crippen molar-refractivity contribution in [2.45, 2.75) is 57.1 Å². The number of methoxy groups -OCH3 is 1. The Morgan fingerprint density at radius 1 is 1.21 bits per heavy atom. The first-order valence-electron chi connectivity index (χ1n) is 7.51. The van der Waals surface area contributed by atoms with Gasteiger partial charge in [-0.3, -0.25) is 9.69 Å². The van der Waals surface area contributed by atoms with Gasteiger partial charge in [-0.05, 0) is 32.6 Å². The number of carbonyl (C=O) groups excluding carboxylic acids is 1. The minimum Gasteiger partial charge on any atom is -0.382 e. The summed E-state index contributed by atoms with van der Waals surface area (Å²) in [5.41, 5.74) is 0.280. The standard InChI is InChI=1S/C15H27NO3/c1-15(16-9-5-13(17)6-10-16)7-3-14(4-8-15)19-12-11-18-2/h14H,3-12H2,1-2H3. The molecule has 1 aliphatic heterocycles. The minimum absolute atomic E-state index is 0.280. The highest BCUT2D eigenvalue weighted by Crippen LogP contribution is 2.35. The number of likely N-dealkylation sites (tertiary alicyclic amines) is 1. The molecule has 0 aromatic rings. The van der Waals surface area contributed by atoms with Crippen molar-refractivity contribution in [2.75, 3.05) is 33.4 Å². The van der Waals surface area contributed by atoms with E-state index in [4.69, 9.17) is 9.47 Å². The molecule has 2 rings (SSSR count). The van der Waals surface area contributed by atoms with E-state index in [2.05, 4.69) is 11.8 Å². The summed E-state index contributed by atoms with van der Waals surface area (Å²) >= 11 is 0. The fourth-order valence-corrected chi connectivity index (χ4v) is 3.29. The van der Waals surface area contributed by atoms with Crippen LogP contribution >= 0.6 is 0 Å². The van der Waals surface area contributed by atoms with Gasteiger partial charge in [-0.1, -0.05) is 0 Å². The van der Waals surface area contributed by atoms with Crippen LogP contribution in [0.4, 0.5) is 0 Å². The highest BCUT2D eigenvalue weighted by molar-refractivity contribution is 5.79. The first-order chi connectivity index (χ1) is 9.14. The molecule has 0 N–H and O–H groups in total. The third kappa shape index (κ3) is 4.01. The molecule has 4 nitrogen and oxygen atoms in total. The van der Waals surface area contributed by atoms with Gasteiger partial charge in [0.05, 0.1) is 19.3 Å². The Kier molecular flexibility index (Phi) is 5.37. The van der Waals surface area contributed by atoms with E-state index >= 15 is 0 Å². The first kappa shape index (κ1) is 14.9. The second kappa shape index (κ2) is 6.82. The Morgan fingerprint density at radius 3 is 2.42 bits per heavy atom. The van der Waals surface area contributed by atoms with Gasteiger partial charge in [0.25, 0.3) is 0 Å². The van der Waals surface area contributed by atoms with Gasteiger partial charge < -0.3 is 9.47 Å². The molecule has 0 amide bonds. The molecule has 0 aromatic heterocycles.